The quantitative estimate of drug-likeness (QED) is 0.306. The molecule has 0 saturated carbocycles. The molecule has 43 heavy (non-hydrogen) atoms. The number of nitrogens with zero attached hydrogens (tertiary/aromatic N) is 6. The number of carbonyl (C=O) groups excluding carboxylic acids is 1. The highest BCUT2D eigenvalue weighted by molar-refractivity contribution is 6.04. The molecule has 5 rings (SSSR count). The van der Waals surface area contributed by atoms with Crippen molar-refractivity contribution in [1.82, 2.24) is 29.5 Å². The Morgan fingerprint density at radius 1 is 0.953 bits per heavy atom. The van der Waals surface area contributed by atoms with Gasteiger partial charge in [0, 0.05) is 68.1 Å². The Labute approximate surface area is 254 Å². The summed E-state index contributed by atoms with van der Waals surface area (Å²) in [5.41, 5.74) is 6.64. The maximum atomic E-state index is 13.0. The summed E-state index contributed by atoms with van der Waals surface area (Å²) in [6, 6.07) is 13.7. The number of hydrogen-bond acceptors (Lipinski definition) is 7. The van der Waals surface area contributed by atoms with Crippen molar-refractivity contribution in [3.63, 3.8) is 0 Å². The van der Waals surface area contributed by atoms with E-state index in [2.05, 4.69) is 87.3 Å². The Bertz CT molecular complexity index is 1630. The number of aromatic nitrogens is 4. The van der Waals surface area contributed by atoms with Crippen LogP contribution in [0.4, 0.5) is 17.3 Å². The van der Waals surface area contributed by atoms with E-state index in [1.54, 1.807) is 12.4 Å². The lowest BCUT2D eigenvalue weighted by molar-refractivity contribution is 0.102. The van der Waals surface area contributed by atoms with Crippen LogP contribution in [0.25, 0.3) is 0 Å². The van der Waals surface area contributed by atoms with Crippen LogP contribution in [0.3, 0.4) is 0 Å². The number of aryl methyl sites for hydroxylation is 2. The summed E-state index contributed by atoms with van der Waals surface area (Å²) in [5, 5.41) is 10.8. The molecule has 9 heteroatoms. The van der Waals surface area contributed by atoms with Crippen LogP contribution in [-0.4, -0.2) is 68.7 Å². The molecule has 1 aliphatic rings. The molecule has 0 radical (unpaired) electrons. The molecule has 0 aliphatic carbocycles. The van der Waals surface area contributed by atoms with Gasteiger partial charge < -0.3 is 15.5 Å². The van der Waals surface area contributed by atoms with Gasteiger partial charge in [0.25, 0.3) is 5.91 Å². The highest BCUT2D eigenvalue weighted by atomic mass is 16.1. The first-order chi connectivity index (χ1) is 20.5. The second kappa shape index (κ2) is 12.8. The average molecular weight is 577 g/mol. The number of carbonyl (C=O) groups is 1. The molecule has 3 heterocycles. The fourth-order valence-electron chi connectivity index (χ4n) is 4.70. The molecule has 0 atom stereocenters. The number of hydrogen-bond donors (Lipinski definition) is 2. The van der Waals surface area contributed by atoms with E-state index in [0.29, 0.717) is 17.1 Å². The molecule has 1 amide bonds. The van der Waals surface area contributed by atoms with E-state index >= 15 is 0 Å². The zero-order valence-electron chi connectivity index (χ0n) is 25.9. The van der Waals surface area contributed by atoms with Crippen molar-refractivity contribution < 1.29 is 4.79 Å². The summed E-state index contributed by atoms with van der Waals surface area (Å²) in [6.45, 7) is 15.5. The van der Waals surface area contributed by atoms with Crippen molar-refractivity contribution in [2.75, 3.05) is 43.9 Å². The van der Waals surface area contributed by atoms with Crippen molar-refractivity contribution in [3.8, 4) is 11.8 Å². The van der Waals surface area contributed by atoms with Crippen molar-refractivity contribution in [1.29, 1.82) is 0 Å². The van der Waals surface area contributed by atoms with Crippen LogP contribution in [0.15, 0.2) is 61.1 Å². The molecule has 222 valence electrons. The first-order valence-corrected chi connectivity index (χ1v) is 14.6. The summed E-state index contributed by atoms with van der Waals surface area (Å²) < 4.78 is 1.92. The molecule has 4 aromatic rings. The van der Waals surface area contributed by atoms with Crippen LogP contribution < -0.4 is 10.6 Å². The minimum atomic E-state index is -0.168. The second-order valence-electron chi connectivity index (χ2n) is 12.2. The molecule has 9 nitrogen and oxygen atoms in total. The Balaban J connectivity index is 1.20. The fourth-order valence-corrected chi connectivity index (χ4v) is 4.70. The minimum absolute atomic E-state index is 0.114. The van der Waals surface area contributed by atoms with Crippen LogP contribution in [0.2, 0.25) is 0 Å². The summed E-state index contributed by atoms with van der Waals surface area (Å²) in [7, 11) is 2.16. The predicted octanol–water partition coefficient (Wildman–Crippen LogP) is 5.19. The van der Waals surface area contributed by atoms with Crippen molar-refractivity contribution in [3.05, 3.63) is 94.6 Å². The zero-order valence-corrected chi connectivity index (χ0v) is 25.9. The lowest BCUT2D eigenvalue weighted by atomic mass is 10.0. The van der Waals surface area contributed by atoms with Gasteiger partial charge in [0.2, 0.25) is 5.95 Å². The van der Waals surface area contributed by atoms with Crippen LogP contribution in [-0.2, 0) is 12.1 Å². The van der Waals surface area contributed by atoms with Crippen LogP contribution in [0, 0.1) is 25.7 Å². The first-order valence-electron chi connectivity index (χ1n) is 14.6. The van der Waals surface area contributed by atoms with E-state index in [1.165, 1.54) is 5.56 Å². The summed E-state index contributed by atoms with van der Waals surface area (Å²) in [5.74, 6) is 6.62. The number of amides is 1. The molecular formula is C34H40N8O. The van der Waals surface area contributed by atoms with Gasteiger partial charge >= 0.3 is 0 Å². The Kier molecular flexibility index (Phi) is 8.90. The maximum absolute atomic E-state index is 13.0. The van der Waals surface area contributed by atoms with Gasteiger partial charge in [-0.05, 0) is 77.1 Å². The number of nitrogens with one attached hydrogen (secondary N) is 2. The Hall–Kier alpha value is -4.52. The highest BCUT2D eigenvalue weighted by Crippen LogP contribution is 2.22. The minimum Gasteiger partial charge on any atom is -0.322 e. The Morgan fingerprint density at radius 2 is 1.65 bits per heavy atom. The molecule has 2 aromatic heterocycles. The second-order valence-corrected chi connectivity index (χ2v) is 12.2. The largest absolute Gasteiger partial charge is 0.322 e. The lowest BCUT2D eigenvalue weighted by Gasteiger charge is -2.32. The average Bonchev–Trinajstić information content (AvgIpc) is 3.36. The molecule has 0 bridgehead atoms. The summed E-state index contributed by atoms with van der Waals surface area (Å²) in [4.78, 5) is 26.7. The number of benzene rings is 2. The van der Waals surface area contributed by atoms with Crippen LogP contribution >= 0.6 is 0 Å². The van der Waals surface area contributed by atoms with Crippen molar-refractivity contribution >= 4 is 23.2 Å². The van der Waals surface area contributed by atoms with Gasteiger partial charge in [0.15, 0.2) is 0 Å². The first kappa shape index (κ1) is 30.0. The van der Waals surface area contributed by atoms with Crippen molar-refractivity contribution in [2.45, 2.75) is 46.7 Å². The standard InChI is InChI=1S/C34H40N8O/c1-24-7-11-29(32(43)37-30-13-9-26(10-14-30)22-41-17-15-40(6)16-18-41)19-28(24)12-8-27-20-35-33(36-21-27)38-31-23-42(34(3,4)5)39-25(31)2/h7,9-11,13-14,19-21,23H,15-18,22H2,1-6H3,(H,37,43)(H,35,36,38). The molecular weight excluding hydrogens is 536 g/mol. The predicted molar refractivity (Wildman–Crippen MR) is 172 cm³/mol. The van der Waals surface area contributed by atoms with Crippen molar-refractivity contribution in [2.24, 2.45) is 0 Å². The third kappa shape index (κ3) is 7.86. The third-order valence-electron chi connectivity index (χ3n) is 7.54. The molecule has 1 saturated heterocycles. The van der Waals surface area contributed by atoms with Gasteiger partial charge in [-0.1, -0.05) is 30.0 Å². The van der Waals surface area contributed by atoms with Crippen LogP contribution in [0.5, 0.6) is 0 Å². The molecule has 2 N–H and O–H groups in total. The van der Waals surface area contributed by atoms with Gasteiger partial charge in [-0.15, -0.1) is 0 Å². The third-order valence-corrected chi connectivity index (χ3v) is 7.54. The number of piperazine rings is 1. The normalized spacial score (nSPS) is 14.2. The Morgan fingerprint density at radius 3 is 2.30 bits per heavy atom. The van der Waals surface area contributed by atoms with Gasteiger partial charge in [0.05, 0.1) is 22.5 Å². The number of likely N-dealkylation sites (N-methyl/N-ethyl adjacent to an activating group) is 1. The topological polar surface area (TPSA) is 91.2 Å². The molecule has 0 spiro atoms. The maximum Gasteiger partial charge on any atom is 0.255 e. The molecule has 2 aromatic carbocycles. The van der Waals surface area contributed by atoms with E-state index in [4.69, 9.17) is 0 Å². The van der Waals surface area contributed by atoms with Gasteiger partial charge in [0.1, 0.15) is 0 Å². The van der Waals surface area contributed by atoms with Gasteiger partial charge in [-0.2, -0.15) is 5.10 Å². The zero-order chi connectivity index (χ0) is 30.6. The molecule has 1 fully saturated rings. The van der Waals surface area contributed by atoms with E-state index < -0.39 is 0 Å². The fraction of sp³-hybridized carbons (Fsp3) is 0.353. The summed E-state index contributed by atoms with van der Waals surface area (Å²) in [6.07, 6.45) is 5.33. The molecule has 1 aliphatic heterocycles. The van der Waals surface area contributed by atoms with Gasteiger partial charge in [-0.25, -0.2) is 9.97 Å². The number of rotatable bonds is 6. The van der Waals surface area contributed by atoms with Crippen LogP contribution in [0.1, 0.15) is 59.1 Å². The van der Waals surface area contributed by atoms with E-state index in [-0.39, 0.29) is 11.4 Å². The van der Waals surface area contributed by atoms with Gasteiger partial charge in [-0.3, -0.25) is 14.4 Å². The lowest BCUT2D eigenvalue weighted by Crippen LogP contribution is -2.43. The highest BCUT2D eigenvalue weighted by Gasteiger charge is 2.17. The monoisotopic (exact) mass is 576 g/mol. The van der Waals surface area contributed by atoms with E-state index in [1.807, 2.05) is 55.1 Å². The SMILES string of the molecule is Cc1ccc(C(=O)Nc2ccc(CN3CCN(C)CC3)cc2)cc1C#Cc1cnc(Nc2cn(C(C)(C)C)nc2C)nc1. The molecule has 0 unspecified atom stereocenters. The summed E-state index contributed by atoms with van der Waals surface area (Å²) >= 11 is 0. The smallest absolute Gasteiger partial charge is 0.255 e. The van der Waals surface area contributed by atoms with E-state index in [9.17, 15) is 4.79 Å². The number of anilines is 3. The van der Waals surface area contributed by atoms with E-state index in [0.717, 1.165) is 60.9 Å².